The number of ketones is 1. The first-order chi connectivity index (χ1) is 18.3. The number of rotatable bonds is 8. The first-order valence-corrected chi connectivity index (χ1v) is 12.2. The summed E-state index contributed by atoms with van der Waals surface area (Å²) in [5.74, 6) is -0.739. The van der Waals surface area contributed by atoms with Crippen molar-refractivity contribution in [2.75, 3.05) is 33.3 Å². The topological polar surface area (TPSA) is 94.5 Å². The number of ether oxygens (including phenoxy) is 4. The fraction of sp³-hybridized carbons (Fsp3) is 0.241. The second kappa shape index (κ2) is 11.1. The van der Waals surface area contributed by atoms with Gasteiger partial charge in [-0.2, -0.15) is 0 Å². The third-order valence-corrected chi connectivity index (χ3v) is 6.79. The summed E-state index contributed by atoms with van der Waals surface area (Å²) in [6, 6.07) is 14.4. The van der Waals surface area contributed by atoms with Crippen LogP contribution >= 0.6 is 11.6 Å². The molecule has 0 saturated carbocycles. The Labute approximate surface area is 225 Å². The molecule has 3 aromatic carbocycles. The Hall–Kier alpha value is -4.17. The lowest BCUT2D eigenvalue weighted by Crippen LogP contribution is -2.29. The Bertz CT molecular complexity index is 1390. The Kier molecular flexibility index (Phi) is 7.83. The third-order valence-electron chi connectivity index (χ3n) is 6.49. The number of carbonyl (C=O) groups is 2. The van der Waals surface area contributed by atoms with E-state index in [2.05, 4.69) is 0 Å². The Morgan fingerprint density at radius 3 is 2.00 bits per heavy atom. The molecule has 1 aliphatic heterocycles. The van der Waals surface area contributed by atoms with Crippen molar-refractivity contribution in [2.45, 2.75) is 19.4 Å². The van der Waals surface area contributed by atoms with Gasteiger partial charge in [-0.05, 0) is 23.6 Å². The van der Waals surface area contributed by atoms with E-state index in [0.29, 0.717) is 22.7 Å². The summed E-state index contributed by atoms with van der Waals surface area (Å²) in [6.07, 6.45) is 0.815. The molecule has 1 unspecified atom stereocenters. The van der Waals surface area contributed by atoms with Crippen LogP contribution in [0.2, 0.25) is 5.02 Å². The average molecular weight is 538 g/mol. The predicted molar refractivity (Wildman–Crippen MR) is 145 cm³/mol. The lowest BCUT2D eigenvalue weighted by Gasteiger charge is -2.26. The van der Waals surface area contributed by atoms with Crippen molar-refractivity contribution in [3.8, 4) is 23.0 Å². The molecule has 198 valence electrons. The van der Waals surface area contributed by atoms with Gasteiger partial charge in [0, 0.05) is 24.3 Å². The van der Waals surface area contributed by atoms with Crippen LogP contribution in [0.15, 0.2) is 60.2 Å². The lowest BCUT2D eigenvalue weighted by atomic mass is 9.94. The largest absolute Gasteiger partial charge is 0.507 e. The zero-order valence-corrected chi connectivity index (χ0v) is 22.5. The number of hydrogen-bond acceptors (Lipinski definition) is 7. The fourth-order valence-electron chi connectivity index (χ4n) is 4.47. The van der Waals surface area contributed by atoms with E-state index < -0.39 is 23.5 Å². The standard InChI is InChI=1S/C29H28ClNO7/c1-6-16-7-9-17(10-8-16)26-25(27(32)21-14-24(38-5)22(30)15-23(21)37-4)28(33)29(34)31(26)18-11-19(35-2)13-20(12-18)36-3/h7-15,26,32H,6H2,1-5H3/b27-25+. The molecule has 8 nitrogen and oxygen atoms in total. The van der Waals surface area contributed by atoms with Gasteiger partial charge in [-0.3, -0.25) is 14.5 Å². The minimum absolute atomic E-state index is 0.108. The van der Waals surface area contributed by atoms with Crippen LogP contribution in [0.4, 0.5) is 5.69 Å². The monoisotopic (exact) mass is 537 g/mol. The highest BCUT2D eigenvalue weighted by Crippen LogP contribution is 2.46. The van der Waals surface area contributed by atoms with E-state index in [1.54, 1.807) is 18.2 Å². The number of Topliss-reactive ketones (excluding diaryl/α,β-unsaturated/α-hetero) is 1. The second-order valence-electron chi connectivity index (χ2n) is 8.52. The number of anilines is 1. The summed E-state index contributed by atoms with van der Waals surface area (Å²) in [5, 5.41) is 11.8. The van der Waals surface area contributed by atoms with Crippen molar-refractivity contribution in [3.63, 3.8) is 0 Å². The first kappa shape index (κ1) is 26.9. The van der Waals surface area contributed by atoms with Gasteiger partial charge in [0.15, 0.2) is 0 Å². The molecule has 4 rings (SSSR count). The first-order valence-electron chi connectivity index (χ1n) is 11.8. The van der Waals surface area contributed by atoms with Gasteiger partial charge in [0.1, 0.15) is 28.8 Å². The molecule has 0 aliphatic carbocycles. The van der Waals surface area contributed by atoms with Crippen LogP contribution in [0.25, 0.3) is 5.76 Å². The molecule has 0 aromatic heterocycles. The molecule has 0 bridgehead atoms. The van der Waals surface area contributed by atoms with Gasteiger partial charge in [0.2, 0.25) is 0 Å². The number of amides is 1. The molecule has 1 atom stereocenters. The number of methoxy groups -OCH3 is 4. The molecule has 1 amide bonds. The SMILES string of the molecule is CCc1ccc(C2/C(=C(\O)c3cc(OC)c(Cl)cc3OC)C(=O)C(=O)N2c2cc(OC)cc(OC)c2)cc1. The highest BCUT2D eigenvalue weighted by atomic mass is 35.5. The van der Waals surface area contributed by atoms with E-state index in [9.17, 15) is 14.7 Å². The number of carbonyl (C=O) groups excluding carboxylic acids is 2. The average Bonchev–Trinajstić information content (AvgIpc) is 3.21. The van der Waals surface area contributed by atoms with Crippen LogP contribution in [0.1, 0.15) is 29.7 Å². The maximum atomic E-state index is 13.6. The van der Waals surface area contributed by atoms with Crippen LogP contribution in [0, 0.1) is 0 Å². The van der Waals surface area contributed by atoms with E-state index in [0.717, 1.165) is 12.0 Å². The van der Waals surface area contributed by atoms with Gasteiger partial charge in [0.25, 0.3) is 11.7 Å². The predicted octanol–water partition coefficient (Wildman–Crippen LogP) is 5.56. The number of benzene rings is 3. The Balaban J connectivity index is 2.01. The molecule has 1 heterocycles. The fourth-order valence-corrected chi connectivity index (χ4v) is 4.70. The van der Waals surface area contributed by atoms with Crippen LogP contribution in [0.5, 0.6) is 23.0 Å². The Morgan fingerprint density at radius 1 is 0.868 bits per heavy atom. The number of nitrogens with zero attached hydrogens (tertiary/aromatic N) is 1. The number of hydrogen-bond donors (Lipinski definition) is 1. The smallest absolute Gasteiger partial charge is 0.300 e. The zero-order chi connectivity index (χ0) is 27.6. The molecule has 38 heavy (non-hydrogen) atoms. The van der Waals surface area contributed by atoms with Crippen molar-refractivity contribution in [1.82, 2.24) is 0 Å². The molecule has 3 aromatic rings. The molecule has 0 radical (unpaired) electrons. The van der Waals surface area contributed by atoms with E-state index in [1.807, 2.05) is 31.2 Å². The van der Waals surface area contributed by atoms with Gasteiger partial charge >= 0.3 is 0 Å². The molecule has 1 aliphatic rings. The molecule has 0 spiro atoms. The summed E-state index contributed by atoms with van der Waals surface area (Å²) >= 11 is 6.25. The maximum Gasteiger partial charge on any atom is 0.300 e. The quantitative estimate of drug-likeness (QED) is 0.228. The summed E-state index contributed by atoms with van der Waals surface area (Å²) in [5.41, 5.74) is 2.13. The van der Waals surface area contributed by atoms with Gasteiger partial charge in [-0.25, -0.2) is 0 Å². The van der Waals surface area contributed by atoms with Crippen molar-refractivity contribution >= 4 is 34.7 Å². The zero-order valence-electron chi connectivity index (χ0n) is 21.7. The molecule has 1 N–H and O–H groups in total. The molecule has 9 heteroatoms. The minimum Gasteiger partial charge on any atom is -0.507 e. The van der Waals surface area contributed by atoms with Crippen LogP contribution in [-0.2, 0) is 16.0 Å². The number of halogens is 1. The molecular weight excluding hydrogens is 510 g/mol. The summed E-state index contributed by atoms with van der Waals surface area (Å²) in [7, 11) is 5.83. The highest BCUT2D eigenvalue weighted by Gasteiger charge is 2.47. The second-order valence-corrected chi connectivity index (χ2v) is 8.93. The number of aliphatic hydroxyl groups is 1. The van der Waals surface area contributed by atoms with Crippen molar-refractivity contribution in [1.29, 1.82) is 0 Å². The van der Waals surface area contributed by atoms with E-state index in [-0.39, 0.29) is 27.7 Å². The lowest BCUT2D eigenvalue weighted by molar-refractivity contribution is -0.132. The number of aliphatic hydroxyl groups excluding tert-OH is 1. The van der Waals surface area contributed by atoms with E-state index in [1.165, 1.54) is 45.5 Å². The van der Waals surface area contributed by atoms with Gasteiger partial charge in [-0.15, -0.1) is 0 Å². The van der Waals surface area contributed by atoms with Gasteiger partial charge in [-0.1, -0.05) is 42.8 Å². The van der Waals surface area contributed by atoms with Crippen molar-refractivity contribution in [3.05, 3.63) is 81.9 Å². The molecular formula is C29H28ClNO7. The summed E-state index contributed by atoms with van der Waals surface area (Å²) < 4.78 is 21.5. The van der Waals surface area contributed by atoms with Crippen molar-refractivity contribution in [2.24, 2.45) is 0 Å². The van der Waals surface area contributed by atoms with Crippen LogP contribution in [0.3, 0.4) is 0 Å². The normalized spacial score (nSPS) is 16.5. The Morgan fingerprint density at radius 2 is 1.47 bits per heavy atom. The summed E-state index contributed by atoms with van der Waals surface area (Å²) in [4.78, 5) is 28.5. The van der Waals surface area contributed by atoms with E-state index in [4.69, 9.17) is 30.5 Å². The van der Waals surface area contributed by atoms with Crippen molar-refractivity contribution < 1.29 is 33.6 Å². The molecule has 1 fully saturated rings. The number of aryl methyl sites for hydroxylation is 1. The van der Waals surface area contributed by atoms with Crippen LogP contribution < -0.4 is 23.8 Å². The third kappa shape index (κ3) is 4.75. The highest BCUT2D eigenvalue weighted by molar-refractivity contribution is 6.51. The minimum atomic E-state index is -0.955. The maximum absolute atomic E-state index is 13.6. The summed E-state index contributed by atoms with van der Waals surface area (Å²) in [6.45, 7) is 2.03. The van der Waals surface area contributed by atoms with Crippen LogP contribution in [-0.4, -0.2) is 45.2 Å². The van der Waals surface area contributed by atoms with Gasteiger partial charge < -0.3 is 24.1 Å². The van der Waals surface area contributed by atoms with E-state index >= 15 is 0 Å². The molecule has 1 saturated heterocycles. The van der Waals surface area contributed by atoms with Gasteiger partial charge in [0.05, 0.1) is 56.3 Å².